The van der Waals surface area contributed by atoms with Crippen molar-refractivity contribution in [2.24, 2.45) is 5.92 Å². The van der Waals surface area contributed by atoms with Crippen molar-refractivity contribution >= 4 is 5.97 Å². The molecule has 0 bridgehead atoms. The third-order valence-electron chi connectivity index (χ3n) is 6.50. The third-order valence-corrected chi connectivity index (χ3v) is 6.50. The van der Waals surface area contributed by atoms with Crippen LogP contribution in [-0.2, 0) is 23.7 Å². The van der Waals surface area contributed by atoms with Gasteiger partial charge in [0.05, 0.1) is 25.2 Å². The molecule has 0 radical (unpaired) electrons. The zero-order valence-electron chi connectivity index (χ0n) is 18.1. The minimum absolute atomic E-state index is 0.0696. The Morgan fingerprint density at radius 1 is 1.36 bits per heavy atom. The minimum Gasteiger partial charge on any atom is -0.459 e. The van der Waals surface area contributed by atoms with Crippen LogP contribution in [0.4, 0.5) is 0 Å². The minimum atomic E-state index is -0.298. The van der Waals surface area contributed by atoms with E-state index in [1.165, 1.54) is 5.57 Å². The zero-order valence-corrected chi connectivity index (χ0v) is 18.1. The van der Waals surface area contributed by atoms with E-state index in [0.717, 1.165) is 45.3 Å². The topological polar surface area (TPSA) is 72.6 Å². The van der Waals surface area contributed by atoms with Crippen molar-refractivity contribution in [3.05, 3.63) is 11.6 Å². The first-order valence-electron chi connectivity index (χ1n) is 10.7. The Kier molecular flexibility index (Phi) is 6.85. The Morgan fingerprint density at radius 3 is 2.71 bits per heavy atom. The Hall–Kier alpha value is -0.950. The average Bonchev–Trinajstić information content (AvgIpc) is 3.56. The molecule has 6 atom stereocenters. The van der Waals surface area contributed by atoms with Gasteiger partial charge >= 0.3 is 5.97 Å². The molecule has 1 spiro atoms. The highest BCUT2D eigenvalue weighted by atomic mass is 16.6. The molecule has 3 rings (SSSR count). The van der Waals surface area contributed by atoms with Crippen LogP contribution in [-0.4, -0.2) is 62.3 Å². The molecule has 3 aliphatic rings. The fraction of sp³-hybridized carbons (Fsp3) is 0.864. The number of unbranched alkanes of at least 4 members (excludes halogenated alkanes) is 1. The van der Waals surface area contributed by atoms with Crippen molar-refractivity contribution in [3.63, 3.8) is 0 Å². The summed E-state index contributed by atoms with van der Waals surface area (Å²) in [5.41, 5.74) is 0.815. The number of carbonyl (C=O) groups is 1. The third kappa shape index (κ3) is 4.61. The van der Waals surface area contributed by atoms with E-state index in [9.17, 15) is 4.79 Å². The molecule has 0 aromatic heterocycles. The van der Waals surface area contributed by atoms with Crippen molar-refractivity contribution in [3.8, 4) is 0 Å². The number of allylic oxidation sites excluding steroid dienone is 1. The van der Waals surface area contributed by atoms with Gasteiger partial charge in [-0.15, -0.1) is 0 Å². The highest BCUT2D eigenvalue weighted by Gasteiger charge is 2.72. The number of ether oxygens (including phenoxy) is 4. The summed E-state index contributed by atoms with van der Waals surface area (Å²) in [5, 5.41) is 3.15. The average molecular weight is 396 g/mol. The Morgan fingerprint density at radius 2 is 2.11 bits per heavy atom. The Bertz CT molecular complexity index is 583. The quantitative estimate of drug-likeness (QED) is 0.265. The van der Waals surface area contributed by atoms with Gasteiger partial charge in [-0.25, -0.2) is 0 Å². The molecule has 1 aliphatic carbocycles. The highest BCUT2D eigenvalue weighted by molar-refractivity contribution is 5.71. The zero-order chi connectivity index (χ0) is 20.4. The summed E-state index contributed by atoms with van der Waals surface area (Å²) in [4.78, 5) is 12.3. The molecule has 6 heteroatoms. The number of methoxy groups -OCH3 is 1. The number of nitrogens with one attached hydrogen (secondary N) is 1. The molecule has 6 nitrogen and oxygen atoms in total. The summed E-state index contributed by atoms with van der Waals surface area (Å²) in [7, 11) is 1.70. The van der Waals surface area contributed by atoms with Crippen molar-refractivity contribution in [2.75, 3.05) is 26.8 Å². The predicted octanol–water partition coefficient (Wildman–Crippen LogP) is 3.00. The summed E-state index contributed by atoms with van der Waals surface area (Å²) in [6.07, 6.45) is 6.63. The molecule has 0 aromatic carbocycles. The number of rotatable bonds is 10. The Balaban J connectivity index is 1.64. The van der Waals surface area contributed by atoms with Crippen LogP contribution in [0.15, 0.2) is 11.6 Å². The number of esters is 1. The highest BCUT2D eigenvalue weighted by Crippen LogP contribution is 2.59. The van der Waals surface area contributed by atoms with Crippen LogP contribution < -0.4 is 5.32 Å². The fourth-order valence-corrected chi connectivity index (χ4v) is 4.77. The molecule has 1 saturated carbocycles. The van der Waals surface area contributed by atoms with Crippen LogP contribution in [0, 0.1) is 5.92 Å². The molecular formula is C22H37NO5. The first kappa shape index (κ1) is 21.8. The van der Waals surface area contributed by atoms with E-state index in [2.05, 4.69) is 39.1 Å². The molecule has 28 heavy (non-hydrogen) atoms. The summed E-state index contributed by atoms with van der Waals surface area (Å²) >= 11 is 0. The second-order valence-electron chi connectivity index (χ2n) is 8.94. The summed E-state index contributed by atoms with van der Waals surface area (Å²) in [5.74, 6) is -0.141. The lowest BCUT2D eigenvalue weighted by atomic mass is 9.68. The van der Waals surface area contributed by atoms with E-state index < -0.39 is 0 Å². The van der Waals surface area contributed by atoms with Gasteiger partial charge in [0, 0.05) is 7.11 Å². The summed E-state index contributed by atoms with van der Waals surface area (Å²) < 4.78 is 23.9. The molecule has 2 aliphatic heterocycles. The molecule has 2 saturated heterocycles. The van der Waals surface area contributed by atoms with E-state index in [1.807, 2.05) is 0 Å². The molecular weight excluding hydrogens is 358 g/mol. The number of epoxide rings is 2. The lowest BCUT2D eigenvalue weighted by Gasteiger charge is -2.42. The van der Waals surface area contributed by atoms with Crippen molar-refractivity contribution in [1.29, 1.82) is 0 Å². The van der Waals surface area contributed by atoms with Gasteiger partial charge in [0.2, 0.25) is 0 Å². The van der Waals surface area contributed by atoms with E-state index in [0.29, 0.717) is 0 Å². The van der Waals surface area contributed by atoms with Gasteiger partial charge in [0.25, 0.3) is 0 Å². The lowest BCUT2D eigenvalue weighted by Crippen LogP contribution is -2.56. The van der Waals surface area contributed by atoms with E-state index in [-0.39, 0.29) is 47.9 Å². The molecule has 0 amide bonds. The SMILES string of the molecule is CCCCNCC(=O)O[C@@H]1CC[C@]2(CO2)[C@@H]([C@@]2(C)OC2CC=C(C)C)[C@@H]1OC. The molecule has 1 unspecified atom stereocenters. The largest absolute Gasteiger partial charge is 0.459 e. The van der Waals surface area contributed by atoms with Crippen molar-refractivity contribution in [1.82, 2.24) is 5.32 Å². The van der Waals surface area contributed by atoms with Gasteiger partial charge in [-0.05, 0) is 53.0 Å². The normalized spacial score (nSPS) is 38.9. The maximum absolute atomic E-state index is 12.3. The first-order valence-corrected chi connectivity index (χ1v) is 10.7. The molecule has 3 fully saturated rings. The fourth-order valence-electron chi connectivity index (χ4n) is 4.77. The second-order valence-corrected chi connectivity index (χ2v) is 8.94. The maximum atomic E-state index is 12.3. The van der Waals surface area contributed by atoms with Gasteiger partial charge in [0.15, 0.2) is 0 Å². The van der Waals surface area contributed by atoms with E-state index in [4.69, 9.17) is 18.9 Å². The number of hydrogen-bond acceptors (Lipinski definition) is 6. The van der Waals surface area contributed by atoms with Crippen LogP contribution in [0.1, 0.15) is 59.8 Å². The van der Waals surface area contributed by atoms with Crippen molar-refractivity contribution < 1.29 is 23.7 Å². The Labute approximate surface area is 169 Å². The molecule has 1 N–H and O–H groups in total. The van der Waals surface area contributed by atoms with Crippen LogP contribution >= 0.6 is 0 Å². The van der Waals surface area contributed by atoms with E-state index in [1.54, 1.807) is 7.11 Å². The van der Waals surface area contributed by atoms with Crippen LogP contribution in [0.5, 0.6) is 0 Å². The molecule has 160 valence electrons. The monoisotopic (exact) mass is 395 g/mol. The van der Waals surface area contributed by atoms with Crippen LogP contribution in [0.3, 0.4) is 0 Å². The molecule has 2 heterocycles. The predicted molar refractivity (Wildman–Crippen MR) is 107 cm³/mol. The van der Waals surface area contributed by atoms with Crippen molar-refractivity contribution in [2.45, 2.75) is 89.3 Å². The van der Waals surface area contributed by atoms with Gasteiger partial charge in [-0.3, -0.25) is 4.79 Å². The number of carbonyl (C=O) groups excluding carboxylic acids is 1. The first-order chi connectivity index (χ1) is 13.4. The lowest BCUT2D eigenvalue weighted by molar-refractivity contribution is -0.170. The number of hydrogen-bond donors (Lipinski definition) is 1. The van der Waals surface area contributed by atoms with Gasteiger partial charge in [-0.2, -0.15) is 0 Å². The van der Waals surface area contributed by atoms with Gasteiger partial charge in [0.1, 0.15) is 23.4 Å². The van der Waals surface area contributed by atoms with E-state index >= 15 is 0 Å². The standard InChI is InChI=1S/C22H37NO5/c1-6-7-12-23-13-18(24)27-16-10-11-22(14-26-22)20(19(16)25-5)21(4)17(28-21)9-8-15(2)3/h8,16-17,19-20,23H,6-7,9-14H2,1-5H3/t16-,17?,19-,20-,21+,22+/m1/s1. The summed E-state index contributed by atoms with van der Waals surface area (Å²) in [6, 6.07) is 0. The van der Waals surface area contributed by atoms with Gasteiger partial charge < -0.3 is 24.3 Å². The van der Waals surface area contributed by atoms with Crippen LogP contribution in [0.2, 0.25) is 0 Å². The maximum Gasteiger partial charge on any atom is 0.320 e. The van der Waals surface area contributed by atoms with Crippen LogP contribution in [0.25, 0.3) is 0 Å². The summed E-state index contributed by atoms with van der Waals surface area (Å²) in [6.45, 7) is 10.3. The second kappa shape index (κ2) is 8.82. The molecule has 0 aromatic rings. The van der Waals surface area contributed by atoms with Gasteiger partial charge in [-0.1, -0.05) is 25.0 Å². The smallest absolute Gasteiger partial charge is 0.320 e.